The minimum absolute atomic E-state index is 0.0794. The molecule has 0 aromatic heterocycles. The van der Waals surface area contributed by atoms with E-state index in [0.29, 0.717) is 13.2 Å². The highest BCUT2D eigenvalue weighted by Crippen LogP contribution is 2.19. The van der Waals surface area contributed by atoms with Crippen molar-refractivity contribution in [3.8, 4) is 5.75 Å². The second-order valence-electron chi connectivity index (χ2n) is 9.75. The van der Waals surface area contributed by atoms with Crippen molar-refractivity contribution in [2.75, 3.05) is 39.4 Å². The van der Waals surface area contributed by atoms with E-state index in [4.69, 9.17) is 29.8 Å². The van der Waals surface area contributed by atoms with Crippen LogP contribution in [0.1, 0.15) is 64.9 Å². The largest absolute Gasteiger partial charge is 0.492 e. The fraction of sp³-hybridized carbons (Fsp3) is 0.750. The van der Waals surface area contributed by atoms with E-state index in [2.05, 4.69) is 24.0 Å². The Hall–Kier alpha value is -1.79. The van der Waals surface area contributed by atoms with Gasteiger partial charge in [-0.2, -0.15) is 0 Å². The lowest BCUT2D eigenvalue weighted by atomic mass is 10.0. The summed E-state index contributed by atoms with van der Waals surface area (Å²) >= 11 is 0. The molecule has 0 spiro atoms. The molecule has 1 heterocycles. The number of aliphatic hydroxyl groups excluding tert-OH is 3. The van der Waals surface area contributed by atoms with Crippen molar-refractivity contribution in [3.63, 3.8) is 0 Å². The molecule has 1 unspecified atom stereocenters. The number of aliphatic hydroxyl groups is 3. The average molecular weight is 543 g/mol. The number of carboxylic acid groups (broad SMARTS) is 1. The molecule has 1 aromatic carbocycles. The Balaban J connectivity index is 0.00000168. The van der Waals surface area contributed by atoms with Gasteiger partial charge in [-0.05, 0) is 63.4 Å². The molecule has 0 radical (unpaired) electrons. The third-order valence-corrected chi connectivity index (χ3v) is 6.25. The highest BCUT2D eigenvalue weighted by Gasteiger charge is 2.38. The predicted octanol–water partition coefficient (Wildman–Crippen LogP) is 2.16. The van der Waals surface area contributed by atoms with E-state index in [1.54, 1.807) is 6.92 Å². The van der Waals surface area contributed by atoms with E-state index in [9.17, 15) is 15.3 Å². The van der Waals surface area contributed by atoms with E-state index in [1.165, 1.54) is 12.0 Å². The van der Waals surface area contributed by atoms with Crippen LogP contribution in [-0.2, 0) is 20.7 Å². The predicted molar refractivity (Wildman–Crippen MR) is 146 cm³/mol. The molecule has 10 heteroatoms. The van der Waals surface area contributed by atoms with Crippen molar-refractivity contribution in [3.05, 3.63) is 29.8 Å². The first-order valence-corrected chi connectivity index (χ1v) is 13.8. The van der Waals surface area contributed by atoms with Gasteiger partial charge in [0.05, 0.1) is 12.7 Å². The maximum atomic E-state index is 10.7. The van der Waals surface area contributed by atoms with Gasteiger partial charge >= 0.3 is 0 Å². The summed E-state index contributed by atoms with van der Waals surface area (Å²) in [5.41, 5.74) is 6.84. The SMILES string of the molecule is CC(=O)O.CCCCCCN(CCOc1ccc(CCCCN)cc1)C[C@H](O)[C@@H](O)[C@@H]1OC(C)OC[C@H]1O. The molecule has 38 heavy (non-hydrogen) atoms. The van der Waals surface area contributed by atoms with Crippen LogP contribution in [0.4, 0.5) is 0 Å². The number of ether oxygens (including phenoxy) is 3. The molecule has 10 nitrogen and oxygen atoms in total. The summed E-state index contributed by atoms with van der Waals surface area (Å²) in [6.45, 7) is 7.97. The van der Waals surface area contributed by atoms with Crippen LogP contribution in [-0.4, -0.2) is 101 Å². The van der Waals surface area contributed by atoms with Crippen molar-refractivity contribution in [2.24, 2.45) is 5.73 Å². The average Bonchev–Trinajstić information content (AvgIpc) is 2.88. The Bertz CT molecular complexity index is 732. The zero-order valence-corrected chi connectivity index (χ0v) is 23.3. The van der Waals surface area contributed by atoms with Gasteiger partial charge in [-0.3, -0.25) is 9.69 Å². The van der Waals surface area contributed by atoms with Crippen LogP contribution in [0.15, 0.2) is 24.3 Å². The maximum Gasteiger partial charge on any atom is 0.300 e. The molecule has 0 amide bonds. The number of hydrogen-bond donors (Lipinski definition) is 5. The second kappa shape index (κ2) is 20.2. The summed E-state index contributed by atoms with van der Waals surface area (Å²) in [4.78, 5) is 11.1. The fourth-order valence-electron chi connectivity index (χ4n) is 4.15. The van der Waals surface area contributed by atoms with Crippen molar-refractivity contribution in [1.29, 1.82) is 0 Å². The molecule has 5 atom stereocenters. The van der Waals surface area contributed by atoms with E-state index in [1.807, 2.05) is 12.1 Å². The molecular formula is C28H50N2O8. The Morgan fingerprint density at radius 1 is 1.13 bits per heavy atom. The number of nitrogens with zero attached hydrogens (tertiary/aromatic N) is 1. The van der Waals surface area contributed by atoms with Crippen molar-refractivity contribution >= 4 is 5.97 Å². The first-order valence-electron chi connectivity index (χ1n) is 13.8. The normalized spacial score (nSPS) is 20.9. The van der Waals surface area contributed by atoms with Crippen LogP contribution < -0.4 is 10.5 Å². The van der Waals surface area contributed by atoms with Crippen molar-refractivity contribution < 1.29 is 39.4 Å². The van der Waals surface area contributed by atoms with Gasteiger partial charge in [0.2, 0.25) is 0 Å². The minimum Gasteiger partial charge on any atom is -0.492 e. The quantitative estimate of drug-likeness (QED) is 0.185. The van der Waals surface area contributed by atoms with Gasteiger partial charge in [0.1, 0.15) is 30.7 Å². The zero-order valence-electron chi connectivity index (χ0n) is 23.3. The second-order valence-corrected chi connectivity index (χ2v) is 9.75. The summed E-state index contributed by atoms with van der Waals surface area (Å²) in [7, 11) is 0. The molecule has 0 aliphatic carbocycles. The smallest absolute Gasteiger partial charge is 0.300 e. The van der Waals surface area contributed by atoms with Gasteiger partial charge in [-0.25, -0.2) is 0 Å². The maximum absolute atomic E-state index is 10.7. The summed E-state index contributed by atoms with van der Waals surface area (Å²) in [6.07, 6.45) is 2.99. The lowest BCUT2D eigenvalue weighted by molar-refractivity contribution is -0.272. The standard InChI is InChI=1S/C26H46N2O6.C2H4O2/c1-3-4-5-8-15-28(18-23(29)25(31)26-24(30)19-33-20(2)34-26)16-17-32-22-12-10-21(11-13-22)9-6-7-14-27;1-2(3)4/h10-13,20,23-26,29-31H,3-9,14-19,27H2,1-2H3;1H3,(H,3,4)/t20?,23-,24+,25+,26+;/m0./s1. The third-order valence-electron chi connectivity index (χ3n) is 6.25. The number of carbonyl (C=O) groups is 1. The third kappa shape index (κ3) is 15.0. The molecule has 1 aliphatic heterocycles. The van der Waals surface area contributed by atoms with Crippen LogP contribution in [0.3, 0.4) is 0 Å². The van der Waals surface area contributed by atoms with Gasteiger partial charge < -0.3 is 40.4 Å². The van der Waals surface area contributed by atoms with E-state index >= 15 is 0 Å². The minimum atomic E-state index is -1.20. The van der Waals surface area contributed by atoms with Gasteiger partial charge in [0, 0.05) is 20.0 Å². The van der Waals surface area contributed by atoms with Crippen LogP contribution >= 0.6 is 0 Å². The fourth-order valence-corrected chi connectivity index (χ4v) is 4.15. The Morgan fingerprint density at radius 2 is 1.82 bits per heavy atom. The highest BCUT2D eigenvalue weighted by atomic mass is 16.7. The topological polar surface area (TPSA) is 155 Å². The van der Waals surface area contributed by atoms with Gasteiger partial charge in [0.15, 0.2) is 6.29 Å². The number of hydrogen-bond acceptors (Lipinski definition) is 9. The number of carboxylic acids is 1. The summed E-state index contributed by atoms with van der Waals surface area (Å²) in [5.74, 6) is -0.0122. The summed E-state index contributed by atoms with van der Waals surface area (Å²) in [5, 5.41) is 38.9. The molecule has 1 aliphatic rings. The van der Waals surface area contributed by atoms with Crippen LogP contribution in [0.2, 0.25) is 0 Å². The number of unbranched alkanes of at least 4 members (excludes halogenated alkanes) is 4. The number of aliphatic carboxylic acids is 1. The number of benzene rings is 1. The summed E-state index contributed by atoms with van der Waals surface area (Å²) < 4.78 is 16.7. The molecule has 220 valence electrons. The lowest BCUT2D eigenvalue weighted by Crippen LogP contribution is -2.55. The van der Waals surface area contributed by atoms with Crippen molar-refractivity contribution in [2.45, 2.75) is 96.4 Å². The number of aryl methyl sites for hydroxylation is 1. The van der Waals surface area contributed by atoms with E-state index < -0.39 is 36.7 Å². The monoisotopic (exact) mass is 542 g/mol. The molecule has 1 saturated heterocycles. The molecule has 0 saturated carbocycles. The first kappa shape index (κ1) is 34.2. The van der Waals surface area contributed by atoms with E-state index in [0.717, 1.165) is 64.3 Å². The Kier molecular flexibility index (Phi) is 18.2. The van der Waals surface area contributed by atoms with Crippen LogP contribution in [0, 0.1) is 0 Å². The Labute approximate surface area is 227 Å². The number of nitrogens with two attached hydrogens (primary N) is 1. The summed E-state index contributed by atoms with van der Waals surface area (Å²) in [6, 6.07) is 8.17. The van der Waals surface area contributed by atoms with E-state index in [-0.39, 0.29) is 13.2 Å². The first-order chi connectivity index (χ1) is 18.2. The number of rotatable bonds is 17. The van der Waals surface area contributed by atoms with Crippen LogP contribution in [0.25, 0.3) is 0 Å². The zero-order chi connectivity index (χ0) is 28.3. The Morgan fingerprint density at radius 3 is 2.45 bits per heavy atom. The molecule has 0 bridgehead atoms. The molecule has 1 fully saturated rings. The van der Waals surface area contributed by atoms with Gasteiger partial charge in [-0.1, -0.05) is 38.3 Å². The highest BCUT2D eigenvalue weighted by molar-refractivity contribution is 5.62. The molecule has 6 N–H and O–H groups in total. The molecular weight excluding hydrogens is 492 g/mol. The lowest BCUT2D eigenvalue weighted by Gasteiger charge is -2.37. The molecule has 1 aromatic rings. The van der Waals surface area contributed by atoms with Gasteiger partial charge in [-0.15, -0.1) is 0 Å². The van der Waals surface area contributed by atoms with Gasteiger partial charge in [0.25, 0.3) is 5.97 Å². The van der Waals surface area contributed by atoms with Crippen molar-refractivity contribution in [1.82, 2.24) is 4.90 Å². The van der Waals surface area contributed by atoms with Crippen LogP contribution in [0.5, 0.6) is 5.75 Å². The molecule has 2 rings (SSSR count).